The van der Waals surface area contributed by atoms with Crippen LogP contribution in [0, 0.1) is 0 Å². The van der Waals surface area contributed by atoms with Crippen molar-refractivity contribution in [2.45, 2.75) is 18.0 Å². The summed E-state index contributed by atoms with van der Waals surface area (Å²) < 4.78 is 26.5. The third kappa shape index (κ3) is 5.35. The number of sulfone groups is 1. The van der Waals surface area contributed by atoms with E-state index in [-0.39, 0.29) is 29.7 Å². The van der Waals surface area contributed by atoms with Crippen molar-refractivity contribution in [2.24, 2.45) is 0 Å². The number of aromatic nitrogens is 2. The number of benzene rings is 2. The van der Waals surface area contributed by atoms with Gasteiger partial charge in [0.25, 0.3) is 0 Å². The van der Waals surface area contributed by atoms with Crippen molar-refractivity contribution in [3.63, 3.8) is 0 Å². The summed E-state index contributed by atoms with van der Waals surface area (Å²) >= 11 is 6.14. The lowest BCUT2D eigenvalue weighted by molar-refractivity contribution is -0.135. The summed E-state index contributed by atoms with van der Waals surface area (Å²) in [5.74, 6) is -0.288. The number of anilines is 1. The minimum absolute atomic E-state index is 0.0262. The number of likely N-dealkylation sites (N-methyl/N-ethyl adjacent to an activating group) is 1. The lowest BCUT2D eigenvalue weighted by Crippen LogP contribution is -2.48. The zero-order valence-corrected chi connectivity index (χ0v) is 19.9. The molecule has 0 spiro atoms. The van der Waals surface area contributed by atoms with E-state index < -0.39 is 9.84 Å². The van der Waals surface area contributed by atoms with Gasteiger partial charge in [0.05, 0.1) is 24.5 Å². The van der Waals surface area contributed by atoms with Crippen LogP contribution in [0.4, 0.5) is 5.69 Å². The maximum absolute atomic E-state index is 12.6. The van der Waals surface area contributed by atoms with Gasteiger partial charge < -0.3 is 10.2 Å². The molecule has 0 saturated carbocycles. The summed E-state index contributed by atoms with van der Waals surface area (Å²) in [6.07, 6.45) is 2.88. The summed E-state index contributed by atoms with van der Waals surface area (Å²) in [5, 5.41) is 8.29. The van der Waals surface area contributed by atoms with Crippen molar-refractivity contribution in [1.29, 1.82) is 0 Å². The van der Waals surface area contributed by atoms with Gasteiger partial charge in [-0.2, -0.15) is 5.10 Å². The number of hydrogen-bond donors (Lipinski definition) is 1. The van der Waals surface area contributed by atoms with E-state index in [0.29, 0.717) is 46.9 Å². The minimum Gasteiger partial charge on any atom is -0.343 e. The molecule has 1 saturated heterocycles. The maximum atomic E-state index is 12.6. The smallest absolute Gasteiger partial charge is 0.236 e. The molecule has 1 aliphatic heterocycles. The molecule has 4 rings (SSSR count). The lowest BCUT2D eigenvalue weighted by Gasteiger charge is -2.31. The third-order valence-corrected chi connectivity index (χ3v) is 6.97. The topological polar surface area (TPSA) is 105 Å². The van der Waals surface area contributed by atoms with Gasteiger partial charge in [0.2, 0.25) is 11.8 Å². The lowest BCUT2D eigenvalue weighted by atomic mass is 10.1. The van der Waals surface area contributed by atoms with Gasteiger partial charge in [0.15, 0.2) is 9.84 Å². The first-order chi connectivity index (χ1) is 15.6. The van der Waals surface area contributed by atoms with Gasteiger partial charge in [-0.25, -0.2) is 8.42 Å². The molecular formula is C22H24ClN5O4S. The number of fused-ring (bicyclic) bond motifs is 1. The molecule has 2 heterocycles. The molecule has 0 bridgehead atoms. The molecule has 0 aliphatic carbocycles. The molecule has 1 fully saturated rings. The fourth-order valence-electron chi connectivity index (χ4n) is 3.73. The molecule has 33 heavy (non-hydrogen) atoms. The first-order valence-electron chi connectivity index (χ1n) is 10.3. The molecule has 0 radical (unpaired) electrons. The third-order valence-electron chi connectivity index (χ3n) is 5.49. The summed E-state index contributed by atoms with van der Waals surface area (Å²) in [5.41, 5.74) is 1.35. The number of piperazine rings is 1. The number of amides is 2. The normalized spacial score (nSPS) is 15.2. The Labute approximate surface area is 196 Å². The summed E-state index contributed by atoms with van der Waals surface area (Å²) in [6, 6.07) is 10.2. The van der Waals surface area contributed by atoms with Crippen LogP contribution >= 0.6 is 11.6 Å². The van der Waals surface area contributed by atoms with Crippen LogP contribution in [0.5, 0.6) is 0 Å². The predicted molar refractivity (Wildman–Crippen MR) is 126 cm³/mol. The number of hydrogen-bond acceptors (Lipinski definition) is 6. The van der Waals surface area contributed by atoms with Gasteiger partial charge in [0.1, 0.15) is 5.52 Å². The van der Waals surface area contributed by atoms with Crippen LogP contribution in [0.25, 0.3) is 10.9 Å². The van der Waals surface area contributed by atoms with Gasteiger partial charge in [0, 0.05) is 48.7 Å². The minimum atomic E-state index is -3.61. The molecule has 2 aromatic carbocycles. The van der Waals surface area contributed by atoms with E-state index in [4.69, 9.17) is 11.6 Å². The van der Waals surface area contributed by atoms with Crippen LogP contribution in [-0.2, 0) is 32.5 Å². The van der Waals surface area contributed by atoms with E-state index in [9.17, 15) is 18.0 Å². The molecule has 1 aliphatic rings. The summed E-state index contributed by atoms with van der Waals surface area (Å²) in [6.45, 7) is 1.94. The quantitative estimate of drug-likeness (QED) is 0.568. The predicted octanol–water partition coefficient (Wildman–Crippen LogP) is 2.01. The van der Waals surface area contributed by atoms with E-state index in [1.165, 1.54) is 6.07 Å². The first-order valence-corrected chi connectivity index (χ1v) is 12.6. The van der Waals surface area contributed by atoms with Crippen molar-refractivity contribution in [3.05, 3.63) is 53.2 Å². The summed E-state index contributed by atoms with van der Waals surface area (Å²) in [4.78, 5) is 28.2. The Kier molecular flexibility index (Phi) is 6.42. The van der Waals surface area contributed by atoms with Crippen molar-refractivity contribution in [2.75, 3.05) is 38.3 Å². The molecule has 2 amide bonds. The van der Waals surface area contributed by atoms with E-state index in [0.717, 1.165) is 6.26 Å². The van der Waals surface area contributed by atoms with Crippen molar-refractivity contribution in [1.82, 2.24) is 19.6 Å². The Morgan fingerprint density at radius 1 is 1.21 bits per heavy atom. The Hall–Kier alpha value is -2.95. The highest BCUT2D eigenvalue weighted by atomic mass is 35.5. The highest BCUT2D eigenvalue weighted by Gasteiger charge is 2.22. The second-order valence-corrected chi connectivity index (χ2v) is 10.6. The van der Waals surface area contributed by atoms with Crippen LogP contribution in [0.3, 0.4) is 0 Å². The molecule has 9 nitrogen and oxygen atoms in total. The van der Waals surface area contributed by atoms with E-state index in [1.54, 1.807) is 53.2 Å². The number of rotatable bonds is 6. The number of carbonyl (C=O) groups excluding carboxylic acids is 2. The van der Waals surface area contributed by atoms with Crippen LogP contribution in [0.1, 0.15) is 5.56 Å². The Bertz CT molecular complexity index is 1340. The van der Waals surface area contributed by atoms with Crippen LogP contribution in [0.15, 0.2) is 47.5 Å². The molecule has 1 N–H and O–H groups in total. The fraction of sp³-hybridized carbons (Fsp3) is 0.318. The Morgan fingerprint density at radius 3 is 2.67 bits per heavy atom. The fourth-order valence-corrected chi connectivity index (χ4v) is 4.79. The van der Waals surface area contributed by atoms with Crippen molar-refractivity contribution >= 4 is 49.8 Å². The van der Waals surface area contributed by atoms with Gasteiger partial charge in [-0.1, -0.05) is 29.8 Å². The second kappa shape index (κ2) is 9.12. The van der Waals surface area contributed by atoms with E-state index in [1.807, 2.05) is 4.90 Å². The molecule has 3 aromatic rings. The molecular weight excluding hydrogens is 466 g/mol. The molecule has 0 unspecified atom stereocenters. The van der Waals surface area contributed by atoms with E-state index >= 15 is 0 Å². The monoisotopic (exact) mass is 489 g/mol. The largest absolute Gasteiger partial charge is 0.343 e. The number of halogens is 1. The highest BCUT2D eigenvalue weighted by Crippen LogP contribution is 2.27. The van der Waals surface area contributed by atoms with Crippen LogP contribution < -0.4 is 5.32 Å². The summed E-state index contributed by atoms with van der Waals surface area (Å²) in [7, 11) is -1.85. The van der Waals surface area contributed by atoms with Crippen molar-refractivity contribution < 1.29 is 18.0 Å². The first kappa shape index (κ1) is 23.2. The van der Waals surface area contributed by atoms with Gasteiger partial charge in [-0.05, 0) is 23.8 Å². The average molecular weight is 490 g/mol. The maximum Gasteiger partial charge on any atom is 0.236 e. The molecule has 11 heteroatoms. The number of nitrogens with one attached hydrogen (secondary N) is 1. The zero-order chi connectivity index (χ0) is 23.8. The zero-order valence-electron chi connectivity index (χ0n) is 18.3. The molecule has 1 aromatic heterocycles. The van der Waals surface area contributed by atoms with Crippen LogP contribution in [0.2, 0.25) is 5.02 Å². The Balaban J connectivity index is 1.60. The standard InChI is InChI=1S/C22H24ClN5O4S/c1-26-7-8-27(13-21(26)30)14-28-12-16-9-17(11-19(22(16)25-28)33(2,31)32)24-20(29)10-15-5-3-4-6-18(15)23/h3-6,9,11-12H,7-8,10,13-14H2,1-2H3,(H,24,29). The van der Waals surface area contributed by atoms with Crippen LogP contribution in [-0.4, -0.2) is 72.8 Å². The van der Waals surface area contributed by atoms with Crippen molar-refractivity contribution in [3.8, 4) is 0 Å². The van der Waals surface area contributed by atoms with E-state index in [2.05, 4.69) is 10.4 Å². The highest BCUT2D eigenvalue weighted by molar-refractivity contribution is 7.91. The SMILES string of the molecule is CN1CCN(Cn2cc3cc(NC(=O)Cc4ccccc4Cl)cc(S(C)(=O)=O)c3n2)CC1=O. The molecule has 174 valence electrons. The van der Waals surface area contributed by atoms with Gasteiger partial charge in [-0.3, -0.25) is 19.2 Å². The Morgan fingerprint density at radius 2 is 1.97 bits per heavy atom. The average Bonchev–Trinajstić information content (AvgIpc) is 3.13. The van der Waals surface area contributed by atoms with Gasteiger partial charge >= 0.3 is 0 Å². The number of nitrogens with zero attached hydrogens (tertiary/aromatic N) is 4. The second-order valence-electron chi connectivity index (χ2n) is 8.18. The number of carbonyl (C=O) groups is 2. The van der Waals surface area contributed by atoms with Gasteiger partial charge in [-0.15, -0.1) is 0 Å². The molecule has 0 atom stereocenters.